The van der Waals surface area contributed by atoms with Crippen molar-refractivity contribution in [1.82, 2.24) is 5.32 Å². The molecule has 0 unspecified atom stereocenters. The number of carbonyl (C=O) groups is 5. The molecule has 18 heteroatoms. The summed E-state index contributed by atoms with van der Waals surface area (Å²) in [6.07, 6.45) is -4.41. The fourth-order valence-electron chi connectivity index (χ4n) is 7.86. The predicted molar refractivity (Wildman–Crippen MR) is 259 cm³/mol. The fourth-order valence-corrected chi connectivity index (χ4v) is 8.02. The molecule has 4 aromatic rings. The van der Waals surface area contributed by atoms with Crippen molar-refractivity contribution >= 4 is 64.8 Å². The van der Waals surface area contributed by atoms with E-state index in [1.807, 2.05) is 78.9 Å². The molecule has 1 saturated heterocycles. The maximum Gasteiger partial charge on any atom is 0.508 e. The van der Waals surface area contributed by atoms with Crippen LogP contribution in [0.1, 0.15) is 73.6 Å². The zero-order chi connectivity index (χ0) is 49.9. The number of rotatable bonds is 25. The second-order valence-electron chi connectivity index (χ2n) is 16.5. The number of nitrogens with one attached hydrogen (secondary N) is 1. The van der Waals surface area contributed by atoms with Crippen molar-refractivity contribution in [2.24, 2.45) is 0 Å². The van der Waals surface area contributed by atoms with E-state index in [4.69, 9.17) is 77.4 Å². The first-order valence-corrected chi connectivity index (χ1v) is 24.0. The number of alkyl halides is 3. The Kier molecular flexibility index (Phi) is 20.8. The quantitative estimate of drug-likeness (QED) is 0.0218. The molecule has 1 aliphatic heterocycles. The molecule has 5 atom stereocenters. The van der Waals surface area contributed by atoms with Crippen LogP contribution in [0.15, 0.2) is 116 Å². The molecule has 2 aliphatic rings. The van der Waals surface area contributed by atoms with Crippen molar-refractivity contribution in [3.8, 4) is 16.9 Å². The minimum absolute atomic E-state index is 0.105. The van der Waals surface area contributed by atoms with Gasteiger partial charge in [0.2, 0.25) is 3.79 Å². The van der Waals surface area contributed by atoms with Gasteiger partial charge in [0.15, 0.2) is 18.5 Å². The predicted octanol–water partition coefficient (Wildman–Crippen LogP) is 9.89. The number of benzene rings is 4. The number of unbranched alkanes of at least 4 members (excludes halogenated alkanes) is 2. The summed E-state index contributed by atoms with van der Waals surface area (Å²) in [6.45, 7) is 4.49. The summed E-state index contributed by atoms with van der Waals surface area (Å²) >= 11 is 17.7. The van der Waals surface area contributed by atoms with Crippen molar-refractivity contribution < 1.29 is 66.6 Å². The Labute approximate surface area is 421 Å². The average molecular weight is 1030 g/mol. The van der Waals surface area contributed by atoms with Gasteiger partial charge in [-0.15, -0.1) is 0 Å². The number of fused-ring (bicyclic) bond motifs is 3. The minimum atomic E-state index is -1.99. The first-order chi connectivity index (χ1) is 33.8. The zero-order valence-electron chi connectivity index (χ0n) is 38.6. The molecule has 374 valence electrons. The third kappa shape index (κ3) is 16.7. The van der Waals surface area contributed by atoms with Gasteiger partial charge in [0.05, 0.1) is 32.8 Å². The molecule has 1 fully saturated rings. The molecule has 1 amide bonds. The topological polar surface area (TPSA) is 180 Å². The van der Waals surface area contributed by atoms with Crippen LogP contribution >= 0.6 is 34.8 Å². The number of halogens is 3. The van der Waals surface area contributed by atoms with E-state index in [0.717, 1.165) is 40.7 Å². The van der Waals surface area contributed by atoms with Gasteiger partial charge in [0.25, 0.3) is 0 Å². The van der Waals surface area contributed by atoms with Crippen LogP contribution in [0.5, 0.6) is 5.75 Å². The highest BCUT2D eigenvalue weighted by Gasteiger charge is 2.52. The number of carbonyl (C=O) groups excluding carboxylic acids is 5. The summed E-state index contributed by atoms with van der Waals surface area (Å²) in [5.41, 5.74) is 5.42. The Bertz CT molecular complexity index is 2320. The van der Waals surface area contributed by atoms with E-state index >= 15 is 0 Å². The molecule has 70 heavy (non-hydrogen) atoms. The van der Waals surface area contributed by atoms with Crippen molar-refractivity contribution in [2.75, 3.05) is 33.0 Å². The van der Waals surface area contributed by atoms with Crippen LogP contribution in [0.4, 0.5) is 9.59 Å². The summed E-state index contributed by atoms with van der Waals surface area (Å²) in [5, 5.41) is 2.62. The molecule has 0 aromatic heterocycles. The number of ether oxygens (including phenoxy) is 9. The normalized spacial score (nSPS) is 18.4. The highest BCUT2D eigenvalue weighted by molar-refractivity contribution is 6.67. The largest absolute Gasteiger partial charge is 0.508 e. The molecule has 0 bridgehead atoms. The molecular formula is C52H56Cl3NO14. The average Bonchev–Trinajstić information content (AvgIpc) is 3.67. The maximum absolute atomic E-state index is 14.1. The van der Waals surface area contributed by atoms with Gasteiger partial charge in [0.1, 0.15) is 43.5 Å². The molecule has 1 N–H and O–H groups in total. The van der Waals surface area contributed by atoms with E-state index in [1.165, 1.54) is 13.0 Å². The smallest absolute Gasteiger partial charge is 0.494 e. The third-order valence-corrected chi connectivity index (χ3v) is 11.5. The number of ketones is 1. The second kappa shape index (κ2) is 27.1. The summed E-state index contributed by atoms with van der Waals surface area (Å²) < 4.78 is 51.1. The zero-order valence-corrected chi connectivity index (χ0v) is 40.9. The first-order valence-electron chi connectivity index (χ1n) is 22.9. The van der Waals surface area contributed by atoms with Crippen LogP contribution in [0.2, 0.25) is 0 Å². The van der Waals surface area contributed by atoms with E-state index < -0.39 is 59.3 Å². The summed E-state index contributed by atoms with van der Waals surface area (Å²) in [5.74, 6) is -1.08. The molecule has 0 radical (unpaired) electrons. The van der Waals surface area contributed by atoms with Crippen molar-refractivity contribution in [3.63, 3.8) is 0 Å². The maximum atomic E-state index is 14.1. The van der Waals surface area contributed by atoms with Crippen LogP contribution in [0, 0.1) is 0 Å². The van der Waals surface area contributed by atoms with Crippen molar-refractivity contribution in [2.45, 2.75) is 99.0 Å². The number of amides is 1. The second-order valence-corrected chi connectivity index (χ2v) is 19.0. The Morgan fingerprint density at radius 1 is 0.700 bits per heavy atom. The molecular weight excluding hydrogens is 969 g/mol. The SMILES string of the molecule is C=CCOC(=O)CCCCCOc1ccc(CO[C@@H]2O[C@H](COCc3ccccc3)[C@@H](OC(=O)CCC(C)=O)[C@H](OC(=O)OCC3c4ccccc4-c4ccccc43)[C@H]2NC(=O)OCC(Cl)(Cl)Cl)cc1. The highest BCUT2D eigenvalue weighted by atomic mass is 35.6. The first kappa shape index (κ1) is 53.7. The minimum Gasteiger partial charge on any atom is -0.494 e. The standard InChI is InChI=1S/C52H56Cl3NO14/c1-3-27-64-44(58)20-8-5-13-28-63-37-24-22-36(23-25-37)30-65-49-46(56-50(60)67-33-52(53,54)55)48(70-51(61)66-31-42-40-18-11-9-16-38(40)39-17-10-12-19-41(39)42)47(69-45(59)26-21-34(2)57)43(68-49)32-62-29-35-14-6-4-7-15-35/h3-4,6-7,9-12,14-19,22-25,42-43,46-49H,1,5,8,13,20-21,26-33H2,2H3,(H,56,60)/t43-,46-,47-,48-,49-/m1/s1. The molecule has 1 heterocycles. The van der Waals surface area contributed by atoms with Gasteiger partial charge in [-0.2, -0.15) is 0 Å². The van der Waals surface area contributed by atoms with Gasteiger partial charge in [-0.3, -0.25) is 9.59 Å². The summed E-state index contributed by atoms with van der Waals surface area (Å²) in [4.78, 5) is 64.7. The van der Waals surface area contributed by atoms with Gasteiger partial charge in [-0.1, -0.05) is 138 Å². The van der Waals surface area contributed by atoms with E-state index in [1.54, 1.807) is 24.3 Å². The van der Waals surface area contributed by atoms with E-state index in [0.29, 0.717) is 30.8 Å². The van der Waals surface area contributed by atoms with Gasteiger partial charge >= 0.3 is 24.2 Å². The lowest BCUT2D eigenvalue weighted by atomic mass is 9.96. The van der Waals surface area contributed by atoms with Gasteiger partial charge in [-0.25, -0.2) is 9.59 Å². The van der Waals surface area contributed by atoms with Crippen LogP contribution in [-0.4, -0.2) is 97.4 Å². The number of Topliss-reactive ketones (excluding diaryl/α,β-unsaturated/α-hetero) is 1. The van der Waals surface area contributed by atoms with Crippen LogP contribution < -0.4 is 10.1 Å². The number of hydrogen-bond donors (Lipinski definition) is 1. The van der Waals surface area contributed by atoms with Crippen molar-refractivity contribution in [1.29, 1.82) is 0 Å². The van der Waals surface area contributed by atoms with E-state index in [-0.39, 0.29) is 63.5 Å². The summed E-state index contributed by atoms with van der Waals surface area (Å²) in [6, 6.07) is 30.5. The van der Waals surface area contributed by atoms with Gasteiger partial charge in [0, 0.05) is 18.8 Å². The molecule has 15 nitrogen and oxygen atoms in total. The molecule has 6 rings (SSSR count). The summed E-state index contributed by atoms with van der Waals surface area (Å²) in [7, 11) is 0. The third-order valence-electron chi connectivity index (χ3n) is 11.2. The van der Waals surface area contributed by atoms with Crippen LogP contribution in [0.3, 0.4) is 0 Å². The Hall–Kier alpha value is -5.68. The Morgan fingerprint density at radius 3 is 2.04 bits per heavy atom. The number of hydrogen-bond acceptors (Lipinski definition) is 14. The fraction of sp³-hybridized carbons (Fsp3) is 0.404. The van der Waals surface area contributed by atoms with Gasteiger partial charge in [-0.05, 0) is 71.7 Å². The Balaban J connectivity index is 1.23. The molecule has 4 aromatic carbocycles. The van der Waals surface area contributed by atoms with Gasteiger partial charge < -0.3 is 52.7 Å². The Morgan fingerprint density at radius 2 is 1.37 bits per heavy atom. The number of alkyl carbamates (subject to hydrolysis) is 1. The van der Waals surface area contributed by atoms with Crippen LogP contribution in [-0.2, 0) is 65.5 Å². The molecule has 0 saturated carbocycles. The highest BCUT2D eigenvalue weighted by Crippen LogP contribution is 2.44. The van der Waals surface area contributed by atoms with Crippen molar-refractivity contribution in [3.05, 3.63) is 138 Å². The monoisotopic (exact) mass is 1020 g/mol. The van der Waals surface area contributed by atoms with Crippen LogP contribution in [0.25, 0.3) is 11.1 Å². The van der Waals surface area contributed by atoms with E-state index in [9.17, 15) is 24.0 Å². The van der Waals surface area contributed by atoms with E-state index in [2.05, 4.69) is 11.9 Å². The lowest BCUT2D eigenvalue weighted by molar-refractivity contribution is -0.280. The molecule has 0 spiro atoms. The lowest BCUT2D eigenvalue weighted by Gasteiger charge is -2.45. The number of esters is 2. The molecule has 1 aliphatic carbocycles. The lowest BCUT2D eigenvalue weighted by Crippen LogP contribution is -2.66.